The molecule has 0 saturated heterocycles. The molecule has 0 saturated carbocycles. The minimum Gasteiger partial charge on any atom is -0.241 e. The van der Waals surface area contributed by atoms with E-state index in [1.54, 1.807) is 10.7 Å². The van der Waals surface area contributed by atoms with Gasteiger partial charge in [-0.05, 0) is 18.4 Å². The van der Waals surface area contributed by atoms with Gasteiger partial charge in [0, 0.05) is 0 Å². The Labute approximate surface area is 88.2 Å². The molecule has 2 aromatic heterocycles. The van der Waals surface area contributed by atoms with Gasteiger partial charge < -0.3 is 0 Å². The summed E-state index contributed by atoms with van der Waals surface area (Å²) in [7, 11) is 0. The first-order chi connectivity index (χ1) is 7.22. The van der Waals surface area contributed by atoms with E-state index >= 15 is 0 Å². The molecule has 0 bridgehead atoms. The van der Waals surface area contributed by atoms with Gasteiger partial charge in [-0.15, -0.1) is 0 Å². The van der Waals surface area contributed by atoms with Crippen LogP contribution in [0.4, 0.5) is 0 Å². The lowest BCUT2D eigenvalue weighted by Gasteiger charge is -2.04. The van der Waals surface area contributed by atoms with Crippen molar-refractivity contribution >= 4 is 5.52 Å². The normalized spacial score (nSPS) is 10.8. The third kappa shape index (κ3) is 1.68. The van der Waals surface area contributed by atoms with E-state index in [1.807, 2.05) is 6.07 Å². The smallest absolute Gasteiger partial charge is 0.136 e. The Bertz CT molecular complexity index is 519. The highest BCUT2D eigenvalue weighted by atomic mass is 15.2. The van der Waals surface area contributed by atoms with Gasteiger partial charge in [-0.25, -0.2) is 9.50 Å². The highest BCUT2D eigenvalue weighted by molar-refractivity contribution is 5.54. The van der Waals surface area contributed by atoms with Crippen LogP contribution in [-0.2, 0) is 6.42 Å². The monoisotopic (exact) mass is 200 g/mol. The Balaban J connectivity index is 2.63. The van der Waals surface area contributed by atoms with E-state index in [9.17, 15) is 0 Å². The second kappa shape index (κ2) is 3.70. The molecule has 0 spiro atoms. The van der Waals surface area contributed by atoms with Gasteiger partial charge in [0.15, 0.2) is 0 Å². The minimum atomic E-state index is 0.505. The molecule has 0 fully saturated rings. The molecule has 0 atom stereocenters. The molecule has 4 nitrogen and oxygen atoms in total. The fourth-order valence-corrected chi connectivity index (χ4v) is 1.66. The van der Waals surface area contributed by atoms with Crippen LogP contribution in [0, 0.1) is 17.2 Å². The maximum absolute atomic E-state index is 9.02. The molecule has 0 unspecified atom stereocenters. The number of aromatic nitrogens is 3. The maximum Gasteiger partial charge on any atom is 0.136 e. The Kier molecular flexibility index (Phi) is 2.38. The Morgan fingerprint density at radius 2 is 2.33 bits per heavy atom. The summed E-state index contributed by atoms with van der Waals surface area (Å²) in [6, 6.07) is 4.03. The largest absolute Gasteiger partial charge is 0.241 e. The number of hydrogen-bond donors (Lipinski definition) is 0. The first-order valence-electron chi connectivity index (χ1n) is 4.93. The van der Waals surface area contributed by atoms with Crippen LogP contribution in [0.3, 0.4) is 0 Å². The second-order valence-corrected chi connectivity index (χ2v) is 3.96. The van der Waals surface area contributed by atoms with Crippen molar-refractivity contribution in [3.8, 4) is 6.07 Å². The van der Waals surface area contributed by atoms with Crippen molar-refractivity contribution in [2.45, 2.75) is 20.3 Å². The summed E-state index contributed by atoms with van der Waals surface area (Å²) < 4.78 is 1.80. The predicted octanol–water partition coefficient (Wildman–Crippen LogP) is 1.80. The number of nitriles is 1. The van der Waals surface area contributed by atoms with Crippen LogP contribution in [0.5, 0.6) is 0 Å². The summed E-state index contributed by atoms with van der Waals surface area (Å²) in [6.45, 7) is 4.25. The molecule has 0 aromatic carbocycles. The molecule has 76 valence electrons. The van der Waals surface area contributed by atoms with Crippen molar-refractivity contribution in [3.63, 3.8) is 0 Å². The molecule has 0 radical (unpaired) electrons. The molecule has 2 rings (SSSR count). The average molecular weight is 200 g/mol. The lowest BCUT2D eigenvalue weighted by Crippen LogP contribution is -2.03. The van der Waals surface area contributed by atoms with Crippen LogP contribution in [0.25, 0.3) is 5.52 Å². The quantitative estimate of drug-likeness (QED) is 0.742. The number of fused-ring (bicyclic) bond motifs is 1. The van der Waals surface area contributed by atoms with Crippen LogP contribution in [0.2, 0.25) is 0 Å². The maximum atomic E-state index is 9.02. The summed E-state index contributed by atoms with van der Waals surface area (Å²) in [6.07, 6.45) is 4.07. The minimum absolute atomic E-state index is 0.505. The fourth-order valence-electron chi connectivity index (χ4n) is 1.66. The van der Waals surface area contributed by atoms with Crippen LogP contribution < -0.4 is 0 Å². The van der Waals surface area contributed by atoms with E-state index < -0.39 is 0 Å². The molecule has 0 amide bonds. The summed E-state index contributed by atoms with van der Waals surface area (Å²) in [4.78, 5) is 3.94. The van der Waals surface area contributed by atoms with Crippen molar-refractivity contribution < 1.29 is 0 Å². The Morgan fingerprint density at radius 1 is 1.53 bits per heavy atom. The van der Waals surface area contributed by atoms with E-state index in [0.717, 1.165) is 17.6 Å². The number of rotatable bonds is 2. The lowest BCUT2D eigenvalue weighted by molar-refractivity contribution is 0.620. The van der Waals surface area contributed by atoms with Crippen LogP contribution in [0.1, 0.15) is 25.1 Å². The summed E-state index contributed by atoms with van der Waals surface area (Å²) in [5, 5.41) is 13.2. The van der Waals surface area contributed by atoms with Gasteiger partial charge >= 0.3 is 0 Å². The zero-order valence-electron chi connectivity index (χ0n) is 8.81. The van der Waals surface area contributed by atoms with Crippen LogP contribution >= 0.6 is 0 Å². The van der Waals surface area contributed by atoms with Gasteiger partial charge in [0.1, 0.15) is 12.4 Å². The summed E-state index contributed by atoms with van der Waals surface area (Å²) in [5.74, 6) is 0.505. The summed E-state index contributed by atoms with van der Waals surface area (Å²) >= 11 is 0. The van der Waals surface area contributed by atoms with Gasteiger partial charge in [0.2, 0.25) is 0 Å². The zero-order valence-corrected chi connectivity index (χ0v) is 8.81. The highest BCUT2D eigenvalue weighted by Gasteiger charge is 2.11. The average Bonchev–Trinajstić information content (AvgIpc) is 2.56. The van der Waals surface area contributed by atoms with Crippen molar-refractivity contribution in [1.29, 1.82) is 5.26 Å². The topological polar surface area (TPSA) is 54.0 Å². The Hall–Kier alpha value is -1.89. The van der Waals surface area contributed by atoms with E-state index in [0.29, 0.717) is 11.5 Å². The van der Waals surface area contributed by atoms with E-state index in [4.69, 9.17) is 5.26 Å². The zero-order chi connectivity index (χ0) is 10.8. The molecule has 0 aliphatic carbocycles. The van der Waals surface area contributed by atoms with Gasteiger partial charge in [0.05, 0.1) is 23.0 Å². The molecule has 4 heteroatoms. The summed E-state index contributed by atoms with van der Waals surface area (Å²) in [5.41, 5.74) is 2.55. The van der Waals surface area contributed by atoms with Crippen LogP contribution in [0.15, 0.2) is 18.6 Å². The van der Waals surface area contributed by atoms with Gasteiger partial charge in [-0.1, -0.05) is 13.8 Å². The first-order valence-corrected chi connectivity index (χ1v) is 4.93. The molecule has 0 N–H and O–H groups in total. The van der Waals surface area contributed by atoms with E-state index in [2.05, 4.69) is 30.0 Å². The van der Waals surface area contributed by atoms with E-state index in [1.165, 1.54) is 6.33 Å². The van der Waals surface area contributed by atoms with Crippen molar-refractivity contribution in [2.75, 3.05) is 0 Å². The molecule has 0 aliphatic rings. The van der Waals surface area contributed by atoms with E-state index in [-0.39, 0.29) is 0 Å². The van der Waals surface area contributed by atoms with Crippen molar-refractivity contribution in [2.24, 2.45) is 5.92 Å². The van der Waals surface area contributed by atoms with Crippen LogP contribution in [-0.4, -0.2) is 14.6 Å². The van der Waals surface area contributed by atoms with Crippen molar-refractivity contribution in [1.82, 2.24) is 14.6 Å². The highest BCUT2D eigenvalue weighted by Crippen LogP contribution is 2.17. The Morgan fingerprint density at radius 3 is 3.00 bits per heavy atom. The lowest BCUT2D eigenvalue weighted by atomic mass is 10.1. The standard InChI is InChI=1S/C11H12N4/c1-8(2)3-11-9(5-12)4-10-6-13-7-14-15(10)11/h4,6-8H,3H2,1-2H3. The molecular formula is C11H12N4. The van der Waals surface area contributed by atoms with Gasteiger partial charge in [0.25, 0.3) is 0 Å². The molecule has 2 heterocycles. The van der Waals surface area contributed by atoms with Gasteiger partial charge in [-0.3, -0.25) is 0 Å². The molecule has 15 heavy (non-hydrogen) atoms. The third-order valence-corrected chi connectivity index (χ3v) is 2.27. The SMILES string of the molecule is CC(C)Cc1c(C#N)cc2cncnn12. The number of nitrogens with zero attached hydrogens (tertiary/aromatic N) is 4. The first kappa shape index (κ1) is 9.66. The molecule has 2 aromatic rings. The second-order valence-electron chi connectivity index (χ2n) is 3.96. The van der Waals surface area contributed by atoms with Gasteiger partial charge in [-0.2, -0.15) is 10.4 Å². The molecular weight excluding hydrogens is 188 g/mol. The number of hydrogen-bond acceptors (Lipinski definition) is 3. The predicted molar refractivity (Wildman–Crippen MR) is 56.2 cm³/mol. The van der Waals surface area contributed by atoms with Crippen molar-refractivity contribution in [3.05, 3.63) is 29.8 Å². The third-order valence-electron chi connectivity index (χ3n) is 2.27. The fraction of sp³-hybridized carbons (Fsp3) is 0.364. The molecule has 0 aliphatic heterocycles.